The summed E-state index contributed by atoms with van der Waals surface area (Å²) in [4.78, 5) is 11.3. The van der Waals surface area contributed by atoms with Gasteiger partial charge in [0, 0.05) is 6.61 Å². The van der Waals surface area contributed by atoms with Crippen molar-refractivity contribution < 1.29 is 14.6 Å². The Balaban J connectivity index is 2.18. The van der Waals surface area contributed by atoms with Crippen molar-refractivity contribution in [3.05, 3.63) is 35.4 Å². The summed E-state index contributed by atoms with van der Waals surface area (Å²) in [5.74, 6) is -0.745. The summed E-state index contributed by atoms with van der Waals surface area (Å²) in [7, 11) is 0. The second-order valence-corrected chi connectivity index (χ2v) is 4.55. The van der Waals surface area contributed by atoms with E-state index in [9.17, 15) is 9.90 Å². The summed E-state index contributed by atoms with van der Waals surface area (Å²) in [6, 6.07) is 8.03. The Morgan fingerprint density at radius 3 is 2.62 bits per heavy atom. The van der Waals surface area contributed by atoms with Crippen molar-refractivity contribution >= 4 is 5.97 Å². The van der Waals surface area contributed by atoms with Crippen LogP contribution in [0.25, 0.3) is 0 Å². The Hall–Kier alpha value is -1.35. The third-order valence-electron chi connectivity index (χ3n) is 3.22. The zero-order valence-corrected chi connectivity index (χ0v) is 9.40. The van der Waals surface area contributed by atoms with Gasteiger partial charge in [-0.3, -0.25) is 4.79 Å². The molecule has 1 aliphatic heterocycles. The van der Waals surface area contributed by atoms with Gasteiger partial charge in [-0.15, -0.1) is 0 Å². The molecule has 2 rings (SSSR count). The Kier molecular flexibility index (Phi) is 2.97. The van der Waals surface area contributed by atoms with E-state index in [0.29, 0.717) is 26.1 Å². The van der Waals surface area contributed by atoms with E-state index in [1.165, 1.54) is 5.56 Å². The van der Waals surface area contributed by atoms with Crippen LogP contribution in [0.2, 0.25) is 0 Å². The van der Waals surface area contributed by atoms with Crippen molar-refractivity contribution in [2.45, 2.75) is 19.8 Å². The molecule has 0 saturated carbocycles. The SMILES string of the molecule is Cc1ccc(CC2(C(=O)O)CCOC2)cc1. The summed E-state index contributed by atoms with van der Waals surface area (Å²) in [5, 5.41) is 9.30. The molecule has 0 aromatic heterocycles. The number of carboxylic acids is 1. The van der Waals surface area contributed by atoms with Gasteiger partial charge in [0.2, 0.25) is 0 Å². The van der Waals surface area contributed by atoms with Gasteiger partial charge >= 0.3 is 5.97 Å². The third kappa shape index (κ3) is 2.09. The molecule has 1 aromatic carbocycles. The third-order valence-corrected chi connectivity index (χ3v) is 3.22. The Labute approximate surface area is 95.0 Å². The summed E-state index contributed by atoms with van der Waals surface area (Å²) < 4.78 is 5.24. The quantitative estimate of drug-likeness (QED) is 0.847. The highest BCUT2D eigenvalue weighted by atomic mass is 16.5. The van der Waals surface area contributed by atoms with Crippen molar-refractivity contribution in [3.63, 3.8) is 0 Å². The lowest BCUT2D eigenvalue weighted by Gasteiger charge is -2.21. The molecule has 1 aromatic rings. The normalized spacial score (nSPS) is 24.6. The van der Waals surface area contributed by atoms with Crippen LogP contribution in [0, 0.1) is 12.3 Å². The van der Waals surface area contributed by atoms with Gasteiger partial charge in [-0.05, 0) is 25.3 Å². The van der Waals surface area contributed by atoms with E-state index in [2.05, 4.69) is 0 Å². The van der Waals surface area contributed by atoms with Crippen molar-refractivity contribution in [1.29, 1.82) is 0 Å². The van der Waals surface area contributed by atoms with Crippen molar-refractivity contribution in [3.8, 4) is 0 Å². The standard InChI is InChI=1S/C13H16O3/c1-10-2-4-11(5-3-10)8-13(12(14)15)6-7-16-9-13/h2-5H,6-9H2,1H3,(H,14,15). The molecule has 1 saturated heterocycles. The van der Waals surface area contributed by atoms with Gasteiger partial charge < -0.3 is 9.84 Å². The molecule has 0 amide bonds. The maximum atomic E-state index is 11.3. The van der Waals surface area contributed by atoms with Gasteiger partial charge in [-0.25, -0.2) is 0 Å². The fourth-order valence-corrected chi connectivity index (χ4v) is 2.09. The van der Waals surface area contributed by atoms with E-state index in [0.717, 1.165) is 5.56 Å². The predicted molar refractivity (Wildman–Crippen MR) is 60.4 cm³/mol. The number of rotatable bonds is 3. The number of benzene rings is 1. The smallest absolute Gasteiger partial charge is 0.312 e. The number of hydrogen-bond acceptors (Lipinski definition) is 2. The minimum atomic E-state index is -0.745. The average Bonchev–Trinajstić information content (AvgIpc) is 2.71. The van der Waals surface area contributed by atoms with E-state index >= 15 is 0 Å². The monoisotopic (exact) mass is 220 g/mol. The summed E-state index contributed by atoms with van der Waals surface area (Å²) in [5.41, 5.74) is 1.55. The average molecular weight is 220 g/mol. The molecule has 1 N–H and O–H groups in total. The van der Waals surface area contributed by atoms with E-state index in [1.807, 2.05) is 31.2 Å². The molecular weight excluding hydrogens is 204 g/mol. The largest absolute Gasteiger partial charge is 0.481 e. The van der Waals surface area contributed by atoms with Gasteiger partial charge in [-0.2, -0.15) is 0 Å². The van der Waals surface area contributed by atoms with E-state index < -0.39 is 11.4 Å². The van der Waals surface area contributed by atoms with Crippen LogP contribution in [0.3, 0.4) is 0 Å². The molecule has 1 atom stereocenters. The van der Waals surface area contributed by atoms with Crippen LogP contribution in [0.5, 0.6) is 0 Å². The van der Waals surface area contributed by atoms with E-state index in [4.69, 9.17) is 4.74 Å². The van der Waals surface area contributed by atoms with Crippen LogP contribution in [0.15, 0.2) is 24.3 Å². The van der Waals surface area contributed by atoms with Gasteiger partial charge in [-0.1, -0.05) is 29.8 Å². The van der Waals surface area contributed by atoms with Crippen molar-refractivity contribution in [2.75, 3.05) is 13.2 Å². The summed E-state index contributed by atoms with van der Waals surface area (Å²) in [6.07, 6.45) is 1.17. The minimum absolute atomic E-state index is 0.330. The topological polar surface area (TPSA) is 46.5 Å². The number of ether oxygens (including phenoxy) is 1. The van der Waals surface area contributed by atoms with Crippen molar-refractivity contribution in [1.82, 2.24) is 0 Å². The molecule has 0 bridgehead atoms. The lowest BCUT2D eigenvalue weighted by molar-refractivity contribution is -0.148. The number of carbonyl (C=O) groups is 1. The van der Waals surface area contributed by atoms with Gasteiger partial charge in [0.1, 0.15) is 0 Å². The fourth-order valence-electron chi connectivity index (χ4n) is 2.09. The first kappa shape index (κ1) is 11.1. The van der Waals surface area contributed by atoms with Crippen LogP contribution in [0.1, 0.15) is 17.5 Å². The molecule has 1 aliphatic rings. The van der Waals surface area contributed by atoms with Crippen molar-refractivity contribution in [2.24, 2.45) is 5.41 Å². The molecule has 1 unspecified atom stereocenters. The molecule has 0 radical (unpaired) electrons. The van der Waals surface area contributed by atoms with E-state index in [-0.39, 0.29) is 0 Å². The number of hydrogen-bond donors (Lipinski definition) is 1. The van der Waals surface area contributed by atoms with Crippen LogP contribution >= 0.6 is 0 Å². The molecule has 16 heavy (non-hydrogen) atoms. The fraction of sp³-hybridized carbons (Fsp3) is 0.462. The first-order chi connectivity index (χ1) is 7.62. The summed E-state index contributed by atoms with van der Waals surface area (Å²) >= 11 is 0. The molecule has 0 aliphatic carbocycles. The highest BCUT2D eigenvalue weighted by Gasteiger charge is 2.42. The molecular formula is C13H16O3. The van der Waals surface area contributed by atoms with Crippen LogP contribution < -0.4 is 0 Å². The lowest BCUT2D eigenvalue weighted by atomic mass is 9.81. The van der Waals surface area contributed by atoms with E-state index in [1.54, 1.807) is 0 Å². The maximum absolute atomic E-state index is 11.3. The second kappa shape index (κ2) is 4.26. The zero-order valence-electron chi connectivity index (χ0n) is 9.40. The zero-order chi connectivity index (χ0) is 11.6. The van der Waals surface area contributed by atoms with Crippen LogP contribution in [0.4, 0.5) is 0 Å². The molecule has 0 spiro atoms. The first-order valence-corrected chi connectivity index (χ1v) is 5.49. The predicted octanol–water partition coefficient (Wildman–Crippen LogP) is 2.03. The van der Waals surface area contributed by atoms with Crippen LogP contribution in [-0.2, 0) is 16.0 Å². The highest BCUT2D eigenvalue weighted by molar-refractivity contribution is 5.75. The molecule has 1 heterocycles. The van der Waals surface area contributed by atoms with Gasteiger partial charge in [0.05, 0.1) is 12.0 Å². The van der Waals surface area contributed by atoms with Gasteiger partial charge in [0.15, 0.2) is 0 Å². The van der Waals surface area contributed by atoms with Crippen LogP contribution in [-0.4, -0.2) is 24.3 Å². The highest BCUT2D eigenvalue weighted by Crippen LogP contribution is 2.33. The Morgan fingerprint density at radius 2 is 2.12 bits per heavy atom. The number of carboxylic acid groups (broad SMARTS) is 1. The molecule has 3 nitrogen and oxygen atoms in total. The van der Waals surface area contributed by atoms with Gasteiger partial charge in [0.25, 0.3) is 0 Å². The minimum Gasteiger partial charge on any atom is -0.481 e. The first-order valence-electron chi connectivity index (χ1n) is 5.49. The summed E-state index contributed by atoms with van der Waals surface area (Å²) in [6.45, 7) is 2.91. The Morgan fingerprint density at radius 1 is 1.44 bits per heavy atom. The number of aliphatic carboxylic acids is 1. The molecule has 3 heteroatoms. The lowest BCUT2D eigenvalue weighted by Crippen LogP contribution is -2.33. The molecule has 86 valence electrons. The molecule has 1 fully saturated rings. The second-order valence-electron chi connectivity index (χ2n) is 4.55. The Bertz CT molecular complexity index is 375. The number of aryl methyl sites for hydroxylation is 1. The maximum Gasteiger partial charge on any atom is 0.312 e.